The van der Waals surface area contributed by atoms with Gasteiger partial charge in [-0.3, -0.25) is 4.99 Å². The number of methoxy groups -OCH3 is 1. The van der Waals surface area contributed by atoms with Crippen molar-refractivity contribution in [3.63, 3.8) is 0 Å². The molecule has 152 valence electrons. The van der Waals surface area contributed by atoms with Gasteiger partial charge in [0.15, 0.2) is 5.96 Å². The molecule has 6 nitrogen and oxygen atoms in total. The fraction of sp³-hybridized carbons (Fsp3) is 0.667. The first-order chi connectivity index (χ1) is 13.0. The van der Waals surface area contributed by atoms with E-state index in [9.17, 15) is 0 Å². The Kier molecular flexibility index (Phi) is 8.88. The Morgan fingerprint density at radius 1 is 1.26 bits per heavy atom. The molecule has 1 aromatic rings. The molecule has 0 unspecified atom stereocenters. The van der Waals surface area contributed by atoms with Crippen LogP contribution in [-0.4, -0.2) is 71.5 Å². The molecule has 1 heterocycles. The number of likely N-dealkylation sites (tertiary alicyclic amines) is 1. The van der Waals surface area contributed by atoms with E-state index in [-0.39, 0.29) is 0 Å². The Balaban J connectivity index is 1.79. The van der Waals surface area contributed by atoms with Crippen molar-refractivity contribution >= 4 is 11.6 Å². The minimum absolute atomic E-state index is 0.358. The number of piperidine rings is 1. The molecule has 27 heavy (non-hydrogen) atoms. The molecule has 6 heteroatoms. The first-order valence-electron chi connectivity index (χ1n) is 9.88. The maximum Gasteiger partial charge on any atom is 0.193 e. The average Bonchev–Trinajstić information content (AvgIpc) is 2.67. The third-order valence-electron chi connectivity index (χ3n) is 5.08. The number of nitrogens with zero attached hydrogens (tertiary/aromatic N) is 3. The molecule has 1 saturated heterocycles. The van der Waals surface area contributed by atoms with E-state index in [1.54, 1.807) is 7.11 Å². The van der Waals surface area contributed by atoms with E-state index in [1.165, 1.54) is 16.8 Å². The number of hydrogen-bond acceptors (Lipinski definition) is 4. The number of rotatable bonds is 8. The second-order valence-electron chi connectivity index (χ2n) is 7.31. The second-order valence-corrected chi connectivity index (χ2v) is 7.31. The van der Waals surface area contributed by atoms with Crippen molar-refractivity contribution in [2.75, 3.05) is 59.5 Å². The van der Waals surface area contributed by atoms with Crippen LogP contribution in [0.15, 0.2) is 23.2 Å². The topological polar surface area (TPSA) is 49.3 Å². The molecule has 0 spiro atoms. The number of aliphatic imine (C=N–C) groups is 1. The summed E-state index contributed by atoms with van der Waals surface area (Å²) in [5.74, 6) is 0.976. The van der Waals surface area contributed by atoms with Gasteiger partial charge in [0.2, 0.25) is 0 Å². The van der Waals surface area contributed by atoms with Crippen LogP contribution in [0.3, 0.4) is 0 Å². The van der Waals surface area contributed by atoms with E-state index < -0.39 is 0 Å². The van der Waals surface area contributed by atoms with Crippen LogP contribution in [0, 0.1) is 6.92 Å². The largest absolute Gasteiger partial charge is 0.385 e. The Morgan fingerprint density at radius 3 is 2.59 bits per heavy atom. The summed E-state index contributed by atoms with van der Waals surface area (Å²) < 4.78 is 11.0. The molecular formula is C21H36N4O2. The average molecular weight is 377 g/mol. The van der Waals surface area contributed by atoms with Gasteiger partial charge < -0.3 is 24.6 Å². The van der Waals surface area contributed by atoms with Gasteiger partial charge in [-0.15, -0.1) is 0 Å². The van der Waals surface area contributed by atoms with Crippen LogP contribution in [0.2, 0.25) is 0 Å². The van der Waals surface area contributed by atoms with Gasteiger partial charge in [0.25, 0.3) is 0 Å². The van der Waals surface area contributed by atoms with Crippen LogP contribution in [0.1, 0.15) is 30.4 Å². The van der Waals surface area contributed by atoms with Gasteiger partial charge in [0.1, 0.15) is 0 Å². The normalized spacial score (nSPS) is 15.9. The lowest BCUT2D eigenvalue weighted by molar-refractivity contribution is 0.00989. The second kappa shape index (κ2) is 11.1. The molecule has 1 N–H and O–H groups in total. The Labute approximate surface area is 164 Å². The summed E-state index contributed by atoms with van der Waals surface area (Å²) >= 11 is 0. The van der Waals surface area contributed by atoms with Crippen molar-refractivity contribution in [3.8, 4) is 0 Å². The van der Waals surface area contributed by atoms with Gasteiger partial charge in [0, 0.05) is 66.8 Å². The van der Waals surface area contributed by atoms with Gasteiger partial charge >= 0.3 is 0 Å². The summed E-state index contributed by atoms with van der Waals surface area (Å²) in [7, 11) is 7.73. The highest BCUT2D eigenvalue weighted by Gasteiger charge is 2.21. The monoisotopic (exact) mass is 376 g/mol. The zero-order chi connectivity index (χ0) is 19.6. The molecule has 1 aliphatic heterocycles. The summed E-state index contributed by atoms with van der Waals surface area (Å²) in [5.41, 5.74) is 3.83. The van der Waals surface area contributed by atoms with Crippen LogP contribution in [0.25, 0.3) is 0 Å². The number of anilines is 1. The van der Waals surface area contributed by atoms with Crippen molar-refractivity contribution in [2.45, 2.75) is 38.8 Å². The quantitative estimate of drug-likeness (QED) is 0.429. The van der Waals surface area contributed by atoms with Crippen molar-refractivity contribution in [3.05, 3.63) is 29.3 Å². The third-order valence-corrected chi connectivity index (χ3v) is 5.08. The molecule has 1 aliphatic rings. The first-order valence-corrected chi connectivity index (χ1v) is 9.88. The van der Waals surface area contributed by atoms with Crippen LogP contribution in [0.5, 0.6) is 0 Å². The molecule has 0 bridgehead atoms. The van der Waals surface area contributed by atoms with Crippen LogP contribution in [0.4, 0.5) is 5.69 Å². The lowest BCUT2D eigenvalue weighted by atomic mass is 10.1. The lowest BCUT2D eigenvalue weighted by Gasteiger charge is -2.34. The van der Waals surface area contributed by atoms with Crippen molar-refractivity contribution in [2.24, 2.45) is 4.99 Å². The van der Waals surface area contributed by atoms with E-state index >= 15 is 0 Å². The molecule has 0 aliphatic carbocycles. The minimum atomic E-state index is 0.358. The van der Waals surface area contributed by atoms with Crippen LogP contribution in [-0.2, 0) is 16.0 Å². The molecule has 2 rings (SSSR count). The number of ether oxygens (including phenoxy) is 2. The first kappa shape index (κ1) is 21.5. The van der Waals surface area contributed by atoms with Gasteiger partial charge in [-0.25, -0.2) is 0 Å². The standard InChI is InChI=1S/C21H36N4O2/c1-17-15-19(24(3)4)8-7-18(17)16-23-21(22-2)25-11-9-20(10-12-25)27-14-6-13-26-5/h7-8,15,20H,6,9-14,16H2,1-5H3,(H,22,23). The van der Waals surface area contributed by atoms with E-state index in [1.807, 2.05) is 7.05 Å². The molecule has 0 aromatic heterocycles. The van der Waals surface area contributed by atoms with Gasteiger partial charge in [-0.2, -0.15) is 0 Å². The fourth-order valence-electron chi connectivity index (χ4n) is 3.35. The zero-order valence-electron chi connectivity index (χ0n) is 17.6. The molecule has 0 atom stereocenters. The number of aryl methyl sites for hydroxylation is 1. The Bertz CT molecular complexity index is 596. The third kappa shape index (κ3) is 6.70. The fourth-order valence-corrected chi connectivity index (χ4v) is 3.35. The Hall–Kier alpha value is -1.79. The summed E-state index contributed by atoms with van der Waals surface area (Å²) in [6.07, 6.45) is 3.41. The van der Waals surface area contributed by atoms with Gasteiger partial charge in [-0.05, 0) is 49.4 Å². The number of hydrogen-bond donors (Lipinski definition) is 1. The SMILES string of the molecule is CN=C(NCc1ccc(N(C)C)cc1C)N1CCC(OCCCOC)CC1. The van der Waals surface area contributed by atoms with Gasteiger partial charge in [-0.1, -0.05) is 6.07 Å². The van der Waals surface area contributed by atoms with Crippen LogP contribution < -0.4 is 10.2 Å². The number of guanidine groups is 1. The summed E-state index contributed by atoms with van der Waals surface area (Å²) in [5, 5.41) is 3.52. The molecule has 1 fully saturated rings. The van der Waals surface area contributed by atoms with Crippen molar-refractivity contribution in [1.82, 2.24) is 10.2 Å². The highest BCUT2D eigenvalue weighted by Crippen LogP contribution is 2.18. The molecular weight excluding hydrogens is 340 g/mol. The Morgan fingerprint density at radius 2 is 2.00 bits per heavy atom. The van der Waals surface area contributed by atoms with E-state index in [2.05, 4.69) is 59.3 Å². The zero-order valence-corrected chi connectivity index (χ0v) is 17.6. The highest BCUT2D eigenvalue weighted by atomic mass is 16.5. The minimum Gasteiger partial charge on any atom is -0.385 e. The molecule has 1 aromatic carbocycles. The predicted molar refractivity (Wildman–Crippen MR) is 113 cm³/mol. The van der Waals surface area contributed by atoms with Crippen molar-refractivity contribution in [1.29, 1.82) is 0 Å². The number of nitrogens with one attached hydrogen (secondary N) is 1. The highest BCUT2D eigenvalue weighted by molar-refractivity contribution is 5.80. The van der Waals surface area contributed by atoms with E-state index in [0.29, 0.717) is 6.10 Å². The van der Waals surface area contributed by atoms with E-state index in [0.717, 1.165) is 58.1 Å². The lowest BCUT2D eigenvalue weighted by Crippen LogP contribution is -2.46. The van der Waals surface area contributed by atoms with E-state index in [4.69, 9.17) is 9.47 Å². The maximum absolute atomic E-state index is 5.95. The van der Waals surface area contributed by atoms with Crippen molar-refractivity contribution < 1.29 is 9.47 Å². The predicted octanol–water partition coefficient (Wildman–Crippen LogP) is 2.65. The summed E-state index contributed by atoms with van der Waals surface area (Å²) in [4.78, 5) is 8.94. The van der Waals surface area contributed by atoms with Crippen LogP contribution >= 0.6 is 0 Å². The maximum atomic E-state index is 5.95. The summed E-state index contributed by atoms with van der Waals surface area (Å²) in [6.45, 7) is 6.47. The summed E-state index contributed by atoms with van der Waals surface area (Å²) in [6, 6.07) is 6.59. The molecule has 0 saturated carbocycles. The molecule has 0 amide bonds. The molecule has 0 radical (unpaired) electrons. The van der Waals surface area contributed by atoms with Gasteiger partial charge in [0.05, 0.1) is 6.10 Å². The number of benzene rings is 1. The smallest absolute Gasteiger partial charge is 0.193 e.